The minimum Gasteiger partial charge on any atom is -0.0654 e. The van der Waals surface area contributed by atoms with E-state index in [4.69, 9.17) is 0 Å². The van der Waals surface area contributed by atoms with Crippen molar-refractivity contribution in [1.29, 1.82) is 0 Å². The second-order valence-electron chi connectivity index (χ2n) is 7.03. The number of hydrogen-bond acceptors (Lipinski definition) is 0. The molecule has 1 rings (SSSR count). The highest BCUT2D eigenvalue weighted by molar-refractivity contribution is 4.96. The Hall–Kier alpha value is 0. The zero-order valence-electron chi connectivity index (χ0n) is 13.5. The molecule has 0 aromatic carbocycles. The molecule has 1 fully saturated rings. The fourth-order valence-electron chi connectivity index (χ4n) is 4.17. The van der Waals surface area contributed by atoms with Crippen LogP contribution in [0.1, 0.15) is 86.0 Å². The standard InChI is InChI=1S/C18H36/c1-6-8-9-10-11-12-14(3)13-15(4)18-16(5)17(18)7-2/h14-18H,6-13H2,1-5H3. The normalized spacial score (nSPS) is 30.2. The summed E-state index contributed by atoms with van der Waals surface area (Å²) in [5.74, 6) is 5.04. The van der Waals surface area contributed by atoms with Gasteiger partial charge in [0.2, 0.25) is 0 Å². The largest absolute Gasteiger partial charge is 0.0654 e. The van der Waals surface area contributed by atoms with Crippen molar-refractivity contribution in [2.45, 2.75) is 86.0 Å². The molecule has 0 saturated heterocycles. The van der Waals surface area contributed by atoms with Crippen LogP contribution >= 0.6 is 0 Å². The Morgan fingerprint density at radius 1 is 0.944 bits per heavy atom. The highest BCUT2D eigenvalue weighted by atomic mass is 14.5. The quantitative estimate of drug-likeness (QED) is 0.400. The van der Waals surface area contributed by atoms with E-state index in [0.29, 0.717) is 0 Å². The lowest BCUT2D eigenvalue weighted by Crippen LogP contribution is -2.07. The maximum absolute atomic E-state index is 2.50. The average Bonchev–Trinajstić information content (AvgIpc) is 2.99. The summed E-state index contributed by atoms with van der Waals surface area (Å²) in [7, 11) is 0. The lowest BCUT2D eigenvalue weighted by atomic mass is 9.88. The minimum atomic E-state index is 0.951. The van der Waals surface area contributed by atoms with Gasteiger partial charge in [-0.1, -0.05) is 79.6 Å². The summed E-state index contributed by atoms with van der Waals surface area (Å²) in [6.45, 7) is 12.1. The SMILES string of the molecule is CCCCCCCC(C)CC(C)C1C(C)C1CC. The van der Waals surface area contributed by atoms with E-state index in [2.05, 4.69) is 34.6 Å². The first kappa shape index (κ1) is 16.1. The van der Waals surface area contributed by atoms with Crippen molar-refractivity contribution in [2.75, 3.05) is 0 Å². The fraction of sp³-hybridized carbons (Fsp3) is 1.00. The molecule has 0 radical (unpaired) electrons. The van der Waals surface area contributed by atoms with E-state index >= 15 is 0 Å². The van der Waals surface area contributed by atoms with Crippen LogP contribution in [0.4, 0.5) is 0 Å². The zero-order chi connectivity index (χ0) is 13.5. The van der Waals surface area contributed by atoms with Crippen LogP contribution in [0.3, 0.4) is 0 Å². The van der Waals surface area contributed by atoms with Gasteiger partial charge in [-0.25, -0.2) is 0 Å². The van der Waals surface area contributed by atoms with E-state index < -0.39 is 0 Å². The summed E-state index contributed by atoms with van der Waals surface area (Å²) in [6.07, 6.45) is 11.5. The van der Waals surface area contributed by atoms with E-state index in [-0.39, 0.29) is 0 Å². The summed E-state index contributed by atoms with van der Waals surface area (Å²) in [6, 6.07) is 0. The van der Waals surface area contributed by atoms with Crippen LogP contribution in [0.2, 0.25) is 0 Å². The molecule has 0 amide bonds. The maximum atomic E-state index is 2.50. The molecule has 0 aromatic heterocycles. The molecular formula is C18H36. The fourth-order valence-corrected chi connectivity index (χ4v) is 4.17. The van der Waals surface area contributed by atoms with Gasteiger partial charge in [0.1, 0.15) is 0 Å². The van der Waals surface area contributed by atoms with Crippen LogP contribution in [-0.4, -0.2) is 0 Å². The van der Waals surface area contributed by atoms with E-state index in [1.54, 1.807) is 0 Å². The predicted octanol–water partition coefficient (Wildman–Crippen LogP) is 6.30. The van der Waals surface area contributed by atoms with Crippen molar-refractivity contribution in [1.82, 2.24) is 0 Å². The first-order valence-corrected chi connectivity index (χ1v) is 8.61. The molecule has 0 aromatic rings. The highest BCUT2D eigenvalue weighted by Gasteiger charge is 2.47. The summed E-state index contributed by atoms with van der Waals surface area (Å²) in [5.41, 5.74) is 0. The Balaban J connectivity index is 2.07. The van der Waals surface area contributed by atoms with Gasteiger partial charge in [-0.2, -0.15) is 0 Å². The Morgan fingerprint density at radius 3 is 2.17 bits per heavy atom. The topological polar surface area (TPSA) is 0 Å². The van der Waals surface area contributed by atoms with Crippen LogP contribution in [-0.2, 0) is 0 Å². The van der Waals surface area contributed by atoms with E-state index in [1.807, 2.05) is 0 Å². The van der Waals surface area contributed by atoms with Crippen LogP contribution in [0.25, 0.3) is 0 Å². The molecule has 108 valence electrons. The molecule has 5 atom stereocenters. The molecule has 0 nitrogen and oxygen atoms in total. The van der Waals surface area contributed by atoms with Gasteiger partial charge in [0.05, 0.1) is 0 Å². The highest BCUT2D eigenvalue weighted by Crippen LogP contribution is 2.53. The molecule has 1 aliphatic rings. The summed E-state index contributed by atoms with van der Waals surface area (Å²) < 4.78 is 0. The molecule has 1 aliphatic carbocycles. The van der Waals surface area contributed by atoms with Gasteiger partial charge in [0.25, 0.3) is 0 Å². The van der Waals surface area contributed by atoms with Gasteiger partial charge in [0.15, 0.2) is 0 Å². The van der Waals surface area contributed by atoms with E-state index in [9.17, 15) is 0 Å². The third kappa shape index (κ3) is 4.94. The Labute approximate surface area is 116 Å². The van der Waals surface area contributed by atoms with Crippen molar-refractivity contribution >= 4 is 0 Å². The first-order chi connectivity index (χ1) is 8.61. The molecule has 5 unspecified atom stereocenters. The average molecular weight is 252 g/mol. The van der Waals surface area contributed by atoms with E-state index in [1.165, 1.54) is 51.4 Å². The van der Waals surface area contributed by atoms with Crippen molar-refractivity contribution in [3.8, 4) is 0 Å². The third-order valence-corrected chi connectivity index (χ3v) is 5.34. The number of hydrogen-bond donors (Lipinski definition) is 0. The van der Waals surface area contributed by atoms with Crippen molar-refractivity contribution in [2.24, 2.45) is 29.6 Å². The molecule has 18 heavy (non-hydrogen) atoms. The summed E-state index contributed by atoms with van der Waals surface area (Å²) in [5, 5.41) is 0. The predicted molar refractivity (Wildman–Crippen MR) is 82.8 cm³/mol. The van der Waals surface area contributed by atoms with Crippen molar-refractivity contribution in [3.05, 3.63) is 0 Å². The molecular weight excluding hydrogens is 216 g/mol. The summed E-state index contributed by atoms with van der Waals surface area (Å²) in [4.78, 5) is 0. The van der Waals surface area contributed by atoms with Crippen molar-refractivity contribution in [3.63, 3.8) is 0 Å². The second kappa shape index (κ2) is 8.23. The van der Waals surface area contributed by atoms with Gasteiger partial charge in [-0.3, -0.25) is 0 Å². The molecule has 0 aliphatic heterocycles. The molecule has 0 bridgehead atoms. The number of unbranched alkanes of at least 4 members (excludes halogenated alkanes) is 4. The molecule has 0 heteroatoms. The van der Waals surface area contributed by atoms with Gasteiger partial charge in [0, 0.05) is 0 Å². The Bertz CT molecular complexity index is 208. The molecule has 0 heterocycles. The maximum Gasteiger partial charge on any atom is -0.0329 e. The van der Waals surface area contributed by atoms with Gasteiger partial charge in [-0.05, 0) is 36.0 Å². The molecule has 1 saturated carbocycles. The Morgan fingerprint density at radius 2 is 1.61 bits per heavy atom. The zero-order valence-corrected chi connectivity index (χ0v) is 13.5. The van der Waals surface area contributed by atoms with E-state index in [0.717, 1.165) is 29.6 Å². The van der Waals surface area contributed by atoms with Gasteiger partial charge in [-0.15, -0.1) is 0 Å². The van der Waals surface area contributed by atoms with Crippen LogP contribution < -0.4 is 0 Å². The smallest absolute Gasteiger partial charge is 0.0329 e. The lowest BCUT2D eigenvalue weighted by Gasteiger charge is -2.17. The monoisotopic (exact) mass is 252 g/mol. The number of rotatable bonds is 10. The lowest BCUT2D eigenvalue weighted by molar-refractivity contribution is 0.336. The van der Waals surface area contributed by atoms with Gasteiger partial charge < -0.3 is 0 Å². The Kier molecular flexibility index (Phi) is 7.34. The van der Waals surface area contributed by atoms with Crippen LogP contribution in [0.15, 0.2) is 0 Å². The van der Waals surface area contributed by atoms with Crippen molar-refractivity contribution < 1.29 is 0 Å². The van der Waals surface area contributed by atoms with Gasteiger partial charge >= 0.3 is 0 Å². The second-order valence-corrected chi connectivity index (χ2v) is 7.03. The third-order valence-electron chi connectivity index (χ3n) is 5.34. The molecule has 0 spiro atoms. The summed E-state index contributed by atoms with van der Waals surface area (Å²) >= 11 is 0. The van der Waals surface area contributed by atoms with Crippen LogP contribution in [0.5, 0.6) is 0 Å². The minimum absolute atomic E-state index is 0.951. The van der Waals surface area contributed by atoms with Crippen LogP contribution in [0, 0.1) is 29.6 Å². The first-order valence-electron chi connectivity index (χ1n) is 8.61. The molecule has 0 N–H and O–H groups in total.